The van der Waals surface area contributed by atoms with Gasteiger partial charge >= 0.3 is 0 Å². The van der Waals surface area contributed by atoms with Gasteiger partial charge in [0.05, 0.1) is 12.3 Å². The fraction of sp³-hybridized carbons (Fsp3) is 0.714. The number of hydrogen-bond donors (Lipinski definition) is 1. The van der Waals surface area contributed by atoms with E-state index < -0.39 is 0 Å². The van der Waals surface area contributed by atoms with Gasteiger partial charge in [-0.15, -0.1) is 0 Å². The predicted molar refractivity (Wildman–Crippen MR) is 73.4 cm³/mol. The Morgan fingerprint density at radius 2 is 1.94 bits per heavy atom. The van der Waals surface area contributed by atoms with Gasteiger partial charge in [0.25, 0.3) is 0 Å². The van der Waals surface area contributed by atoms with Crippen molar-refractivity contribution in [3.8, 4) is 0 Å². The summed E-state index contributed by atoms with van der Waals surface area (Å²) in [6.45, 7) is 9.60. The van der Waals surface area contributed by atoms with Crippen LogP contribution >= 0.6 is 0 Å². The van der Waals surface area contributed by atoms with Crippen molar-refractivity contribution in [2.75, 3.05) is 32.7 Å². The largest absolute Gasteiger partial charge is 0.468 e. The highest BCUT2D eigenvalue weighted by Crippen LogP contribution is 2.22. The molecule has 0 amide bonds. The molecule has 0 aromatic carbocycles. The van der Waals surface area contributed by atoms with E-state index in [1.807, 2.05) is 12.1 Å². The van der Waals surface area contributed by atoms with Crippen LogP contribution in [-0.4, -0.2) is 48.6 Å². The maximum absolute atomic E-state index is 5.90. The van der Waals surface area contributed by atoms with E-state index in [-0.39, 0.29) is 6.04 Å². The highest BCUT2D eigenvalue weighted by atomic mass is 16.3. The maximum Gasteiger partial charge on any atom is 0.122 e. The van der Waals surface area contributed by atoms with Crippen LogP contribution in [0.15, 0.2) is 22.8 Å². The first-order chi connectivity index (χ1) is 8.76. The second-order valence-electron chi connectivity index (χ2n) is 5.10. The van der Waals surface area contributed by atoms with Gasteiger partial charge in [-0.25, -0.2) is 0 Å². The first-order valence-corrected chi connectivity index (χ1v) is 6.97. The van der Waals surface area contributed by atoms with E-state index in [9.17, 15) is 0 Å². The topological polar surface area (TPSA) is 45.6 Å². The summed E-state index contributed by atoms with van der Waals surface area (Å²) in [5.41, 5.74) is 5.90. The first-order valence-electron chi connectivity index (χ1n) is 6.97. The Bertz CT molecular complexity index is 331. The Labute approximate surface area is 110 Å². The average molecular weight is 251 g/mol. The van der Waals surface area contributed by atoms with Crippen molar-refractivity contribution in [3.63, 3.8) is 0 Å². The second kappa shape index (κ2) is 6.36. The molecule has 0 spiro atoms. The van der Waals surface area contributed by atoms with E-state index in [1.54, 1.807) is 6.26 Å². The lowest BCUT2D eigenvalue weighted by Crippen LogP contribution is -2.51. The summed E-state index contributed by atoms with van der Waals surface area (Å²) < 4.78 is 5.50. The van der Waals surface area contributed by atoms with Crippen LogP contribution < -0.4 is 5.73 Å². The van der Waals surface area contributed by atoms with Crippen LogP contribution in [0.4, 0.5) is 0 Å². The minimum atomic E-state index is 0.235. The van der Waals surface area contributed by atoms with Crippen LogP contribution in [0.1, 0.15) is 32.1 Å². The van der Waals surface area contributed by atoms with Crippen molar-refractivity contribution >= 4 is 0 Å². The van der Waals surface area contributed by atoms with Gasteiger partial charge in [0.15, 0.2) is 0 Å². The summed E-state index contributed by atoms with van der Waals surface area (Å²) in [5, 5.41) is 0. The van der Waals surface area contributed by atoms with Crippen LogP contribution in [-0.2, 0) is 0 Å². The number of furan rings is 1. The molecule has 0 aliphatic carbocycles. The van der Waals surface area contributed by atoms with E-state index in [0.717, 1.165) is 31.9 Å². The lowest BCUT2D eigenvalue weighted by Gasteiger charge is -2.40. The highest BCUT2D eigenvalue weighted by molar-refractivity contribution is 5.05. The normalized spacial score (nSPS) is 21.9. The molecule has 2 unspecified atom stereocenters. The van der Waals surface area contributed by atoms with Crippen molar-refractivity contribution in [1.82, 2.24) is 9.80 Å². The quantitative estimate of drug-likeness (QED) is 0.865. The first kappa shape index (κ1) is 13.6. The minimum Gasteiger partial charge on any atom is -0.468 e. The van der Waals surface area contributed by atoms with Gasteiger partial charge in [-0.2, -0.15) is 0 Å². The fourth-order valence-corrected chi connectivity index (χ4v) is 2.67. The molecule has 1 aliphatic heterocycles. The predicted octanol–water partition coefficient (Wildman–Crippen LogP) is 1.70. The van der Waals surface area contributed by atoms with Gasteiger partial charge in [-0.3, -0.25) is 9.80 Å². The molecule has 0 radical (unpaired) electrons. The van der Waals surface area contributed by atoms with Gasteiger partial charge in [0, 0.05) is 38.8 Å². The van der Waals surface area contributed by atoms with E-state index in [2.05, 4.69) is 23.6 Å². The SMILES string of the molecule is CCC(C)N1CCN(C(CN)c2ccco2)CC1. The molecule has 1 saturated heterocycles. The van der Waals surface area contributed by atoms with Crippen molar-refractivity contribution in [2.24, 2.45) is 5.73 Å². The Kier molecular flexibility index (Phi) is 4.80. The molecular formula is C14H25N3O. The summed E-state index contributed by atoms with van der Waals surface area (Å²) >= 11 is 0. The fourth-order valence-electron chi connectivity index (χ4n) is 2.67. The molecule has 102 valence electrons. The molecule has 0 saturated carbocycles. The number of nitrogens with zero attached hydrogens (tertiary/aromatic N) is 2. The van der Waals surface area contributed by atoms with E-state index in [1.165, 1.54) is 6.42 Å². The number of nitrogens with two attached hydrogens (primary N) is 1. The second-order valence-corrected chi connectivity index (χ2v) is 5.10. The Hall–Kier alpha value is -0.840. The minimum absolute atomic E-state index is 0.235. The van der Waals surface area contributed by atoms with E-state index in [4.69, 9.17) is 10.2 Å². The van der Waals surface area contributed by atoms with Crippen molar-refractivity contribution < 1.29 is 4.42 Å². The molecule has 2 heterocycles. The van der Waals surface area contributed by atoms with Crippen molar-refractivity contribution in [3.05, 3.63) is 24.2 Å². The molecule has 0 bridgehead atoms. The van der Waals surface area contributed by atoms with Crippen molar-refractivity contribution in [1.29, 1.82) is 0 Å². The monoisotopic (exact) mass is 251 g/mol. The molecule has 18 heavy (non-hydrogen) atoms. The molecule has 4 nitrogen and oxygen atoms in total. The zero-order valence-electron chi connectivity index (χ0n) is 11.5. The zero-order valence-corrected chi connectivity index (χ0v) is 11.5. The molecule has 2 N–H and O–H groups in total. The van der Waals surface area contributed by atoms with Crippen molar-refractivity contribution in [2.45, 2.75) is 32.4 Å². The summed E-state index contributed by atoms with van der Waals surface area (Å²) in [5.74, 6) is 0.995. The third kappa shape index (κ3) is 2.94. The Morgan fingerprint density at radius 1 is 1.28 bits per heavy atom. The molecule has 1 aliphatic rings. The van der Waals surface area contributed by atoms with Gasteiger partial charge < -0.3 is 10.2 Å². The highest BCUT2D eigenvalue weighted by Gasteiger charge is 2.26. The summed E-state index contributed by atoms with van der Waals surface area (Å²) in [4.78, 5) is 5.00. The standard InChI is InChI=1S/C14H25N3O/c1-3-12(2)16-6-8-17(9-7-16)13(11-15)14-5-4-10-18-14/h4-5,10,12-13H,3,6-9,11,15H2,1-2H3. The number of piperazine rings is 1. The number of rotatable bonds is 5. The molecule has 2 rings (SSSR count). The number of hydrogen-bond acceptors (Lipinski definition) is 4. The van der Waals surface area contributed by atoms with Crippen LogP contribution in [0, 0.1) is 0 Å². The van der Waals surface area contributed by atoms with Gasteiger partial charge in [0.2, 0.25) is 0 Å². The van der Waals surface area contributed by atoms with Crippen LogP contribution in [0.3, 0.4) is 0 Å². The molecule has 2 atom stereocenters. The summed E-state index contributed by atoms with van der Waals surface area (Å²) in [7, 11) is 0. The molecule has 4 heteroatoms. The smallest absolute Gasteiger partial charge is 0.122 e. The van der Waals surface area contributed by atoms with Crippen LogP contribution in [0.5, 0.6) is 0 Å². The average Bonchev–Trinajstić information content (AvgIpc) is 2.93. The Morgan fingerprint density at radius 3 is 2.44 bits per heavy atom. The molecule has 1 aromatic heterocycles. The maximum atomic E-state index is 5.90. The van der Waals surface area contributed by atoms with Gasteiger partial charge in [-0.05, 0) is 25.5 Å². The lowest BCUT2D eigenvalue weighted by molar-refractivity contribution is 0.0676. The van der Waals surface area contributed by atoms with E-state index in [0.29, 0.717) is 12.6 Å². The van der Waals surface area contributed by atoms with Crippen LogP contribution in [0.25, 0.3) is 0 Å². The third-order valence-electron chi connectivity index (χ3n) is 4.10. The van der Waals surface area contributed by atoms with Gasteiger partial charge in [0.1, 0.15) is 5.76 Å². The molecule has 1 aromatic rings. The van der Waals surface area contributed by atoms with E-state index >= 15 is 0 Å². The molecular weight excluding hydrogens is 226 g/mol. The summed E-state index contributed by atoms with van der Waals surface area (Å²) in [6.07, 6.45) is 2.95. The zero-order chi connectivity index (χ0) is 13.0. The summed E-state index contributed by atoms with van der Waals surface area (Å²) in [6, 6.07) is 4.89. The molecule has 1 fully saturated rings. The van der Waals surface area contributed by atoms with Gasteiger partial charge in [-0.1, -0.05) is 6.92 Å². The third-order valence-corrected chi connectivity index (χ3v) is 4.10. The van der Waals surface area contributed by atoms with Crippen LogP contribution in [0.2, 0.25) is 0 Å². The lowest BCUT2D eigenvalue weighted by atomic mass is 10.1. The Balaban J connectivity index is 1.92.